The second kappa shape index (κ2) is 3.93. The lowest BCUT2D eigenvalue weighted by Crippen LogP contribution is -2.13. The van der Waals surface area contributed by atoms with Crippen LogP contribution in [0.5, 0.6) is 0 Å². The number of aromatic nitrogens is 4. The highest BCUT2D eigenvalue weighted by Gasteiger charge is 2.29. The van der Waals surface area contributed by atoms with Crippen LogP contribution in [-0.2, 0) is 0 Å². The highest BCUT2D eigenvalue weighted by atomic mass is 16.4. The molecule has 7 heteroatoms. The van der Waals surface area contributed by atoms with E-state index < -0.39 is 5.91 Å². The van der Waals surface area contributed by atoms with E-state index in [2.05, 4.69) is 25.5 Å². The molecule has 0 spiro atoms. The predicted molar refractivity (Wildman–Crippen MR) is 56.3 cm³/mol. The van der Waals surface area contributed by atoms with Crippen molar-refractivity contribution in [1.82, 2.24) is 20.2 Å². The minimum Gasteiger partial charge on any atom is -0.408 e. The number of carbonyl (C=O) groups excluding carboxylic acids is 1. The van der Waals surface area contributed by atoms with Crippen molar-refractivity contribution in [1.29, 1.82) is 0 Å². The summed E-state index contributed by atoms with van der Waals surface area (Å²) in [4.78, 5) is 19.2. The Morgan fingerprint density at radius 3 is 3.00 bits per heavy atom. The first kappa shape index (κ1) is 9.88. The number of amides is 1. The monoisotopic (exact) mass is 231 g/mol. The molecule has 1 N–H and O–H groups in total. The van der Waals surface area contributed by atoms with Gasteiger partial charge in [0.15, 0.2) is 0 Å². The Morgan fingerprint density at radius 1 is 1.41 bits per heavy atom. The van der Waals surface area contributed by atoms with Gasteiger partial charge in [0.2, 0.25) is 5.89 Å². The van der Waals surface area contributed by atoms with Crippen molar-refractivity contribution in [2.45, 2.75) is 18.8 Å². The van der Waals surface area contributed by atoms with Crippen LogP contribution in [0.4, 0.5) is 6.01 Å². The zero-order valence-electron chi connectivity index (χ0n) is 8.83. The molecule has 1 aliphatic carbocycles. The van der Waals surface area contributed by atoms with Gasteiger partial charge in [-0.2, -0.15) is 0 Å². The SMILES string of the molecule is O=C(Nc1nnc(C2CC2)o1)c1ccncn1. The molecule has 0 atom stereocenters. The van der Waals surface area contributed by atoms with E-state index in [0.717, 1.165) is 12.8 Å². The molecule has 0 saturated heterocycles. The van der Waals surface area contributed by atoms with Crippen molar-refractivity contribution < 1.29 is 9.21 Å². The fourth-order valence-corrected chi connectivity index (χ4v) is 1.37. The van der Waals surface area contributed by atoms with E-state index in [1.807, 2.05) is 0 Å². The highest BCUT2D eigenvalue weighted by Crippen LogP contribution is 2.39. The maximum absolute atomic E-state index is 11.7. The van der Waals surface area contributed by atoms with Crippen molar-refractivity contribution in [3.05, 3.63) is 30.2 Å². The summed E-state index contributed by atoms with van der Waals surface area (Å²) in [5.41, 5.74) is 0.256. The third-order valence-corrected chi connectivity index (χ3v) is 2.40. The maximum Gasteiger partial charge on any atom is 0.322 e. The Labute approximate surface area is 96.3 Å². The summed E-state index contributed by atoms with van der Waals surface area (Å²) >= 11 is 0. The van der Waals surface area contributed by atoms with Crippen LogP contribution in [0.2, 0.25) is 0 Å². The number of nitrogens with one attached hydrogen (secondary N) is 1. The molecule has 0 unspecified atom stereocenters. The van der Waals surface area contributed by atoms with Crippen LogP contribution in [0.3, 0.4) is 0 Å². The quantitative estimate of drug-likeness (QED) is 0.846. The molecule has 1 saturated carbocycles. The number of carbonyl (C=O) groups is 1. The van der Waals surface area contributed by atoms with Crippen LogP contribution in [0, 0.1) is 0 Å². The maximum atomic E-state index is 11.7. The molecular weight excluding hydrogens is 222 g/mol. The standard InChI is InChI=1S/C10H9N5O2/c16-8(7-3-4-11-5-12-7)13-10-15-14-9(17-10)6-1-2-6/h3-6H,1-2H2,(H,13,15,16). The van der Waals surface area contributed by atoms with Gasteiger partial charge in [0.1, 0.15) is 12.0 Å². The van der Waals surface area contributed by atoms with Gasteiger partial charge in [-0.1, -0.05) is 5.10 Å². The summed E-state index contributed by atoms with van der Waals surface area (Å²) < 4.78 is 5.30. The Kier molecular flexibility index (Phi) is 2.28. The van der Waals surface area contributed by atoms with Gasteiger partial charge < -0.3 is 4.42 Å². The fourth-order valence-electron chi connectivity index (χ4n) is 1.37. The molecule has 2 aromatic heterocycles. The molecule has 0 aromatic carbocycles. The Morgan fingerprint density at radius 2 is 2.29 bits per heavy atom. The highest BCUT2D eigenvalue weighted by molar-refractivity contribution is 6.01. The van der Waals surface area contributed by atoms with Gasteiger partial charge in [0, 0.05) is 12.1 Å². The predicted octanol–water partition coefficient (Wildman–Crippen LogP) is 0.989. The largest absolute Gasteiger partial charge is 0.408 e. The van der Waals surface area contributed by atoms with Gasteiger partial charge in [0.05, 0.1) is 0 Å². The molecule has 0 radical (unpaired) electrons. The lowest BCUT2D eigenvalue weighted by Gasteiger charge is -1.97. The van der Waals surface area contributed by atoms with E-state index in [1.165, 1.54) is 18.6 Å². The first-order chi connectivity index (χ1) is 8.33. The Bertz CT molecular complexity index is 535. The van der Waals surface area contributed by atoms with Gasteiger partial charge in [0.25, 0.3) is 5.91 Å². The lowest BCUT2D eigenvalue weighted by molar-refractivity contribution is 0.101. The van der Waals surface area contributed by atoms with Crippen molar-refractivity contribution in [2.24, 2.45) is 0 Å². The minimum atomic E-state index is -0.390. The molecule has 0 aliphatic heterocycles. The summed E-state index contributed by atoms with van der Waals surface area (Å²) in [5.74, 6) is 0.564. The van der Waals surface area contributed by atoms with Crippen molar-refractivity contribution >= 4 is 11.9 Å². The van der Waals surface area contributed by atoms with E-state index in [1.54, 1.807) is 0 Å². The lowest BCUT2D eigenvalue weighted by atomic mass is 10.4. The second-order valence-electron chi connectivity index (χ2n) is 3.77. The fraction of sp³-hybridized carbons (Fsp3) is 0.300. The zero-order chi connectivity index (χ0) is 11.7. The summed E-state index contributed by atoms with van der Waals surface area (Å²) in [6.07, 6.45) is 4.94. The number of nitrogens with zero attached hydrogens (tertiary/aromatic N) is 4. The van der Waals surface area contributed by atoms with Crippen LogP contribution in [0.25, 0.3) is 0 Å². The van der Waals surface area contributed by atoms with Crippen LogP contribution in [0.1, 0.15) is 35.1 Å². The van der Waals surface area contributed by atoms with Crippen molar-refractivity contribution in [2.75, 3.05) is 5.32 Å². The van der Waals surface area contributed by atoms with Gasteiger partial charge in [-0.15, -0.1) is 5.10 Å². The molecule has 2 aromatic rings. The van der Waals surface area contributed by atoms with Gasteiger partial charge >= 0.3 is 6.01 Å². The van der Waals surface area contributed by atoms with E-state index in [9.17, 15) is 4.79 Å². The Balaban J connectivity index is 1.71. The summed E-state index contributed by atoms with van der Waals surface area (Å²) in [6, 6.07) is 1.61. The third-order valence-electron chi connectivity index (χ3n) is 2.40. The zero-order valence-corrected chi connectivity index (χ0v) is 8.83. The van der Waals surface area contributed by atoms with Crippen LogP contribution in [0.15, 0.2) is 23.0 Å². The van der Waals surface area contributed by atoms with Gasteiger partial charge in [-0.25, -0.2) is 9.97 Å². The van der Waals surface area contributed by atoms with Crippen LogP contribution < -0.4 is 5.32 Å². The van der Waals surface area contributed by atoms with Gasteiger partial charge in [-0.05, 0) is 18.9 Å². The molecule has 2 heterocycles. The molecule has 1 amide bonds. The molecule has 3 rings (SSSR count). The van der Waals surface area contributed by atoms with E-state index in [4.69, 9.17) is 4.42 Å². The molecule has 1 fully saturated rings. The average molecular weight is 231 g/mol. The van der Waals surface area contributed by atoms with E-state index in [-0.39, 0.29) is 11.7 Å². The molecular formula is C10H9N5O2. The number of hydrogen-bond donors (Lipinski definition) is 1. The number of hydrogen-bond acceptors (Lipinski definition) is 6. The van der Waals surface area contributed by atoms with Crippen molar-refractivity contribution in [3.8, 4) is 0 Å². The first-order valence-electron chi connectivity index (χ1n) is 5.23. The molecule has 7 nitrogen and oxygen atoms in total. The topological polar surface area (TPSA) is 93.8 Å². The van der Waals surface area contributed by atoms with Crippen molar-refractivity contribution in [3.63, 3.8) is 0 Å². The summed E-state index contributed by atoms with van der Waals surface area (Å²) in [7, 11) is 0. The molecule has 17 heavy (non-hydrogen) atoms. The van der Waals surface area contributed by atoms with Gasteiger partial charge in [-0.3, -0.25) is 10.1 Å². The normalized spacial score (nSPS) is 14.6. The Hall–Kier alpha value is -2.31. The van der Waals surface area contributed by atoms with E-state index in [0.29, 0.717) is 11.8 Å². The minimum absolute atomic E-state index is 0.107. The van der Waals surface area contributed by atoms with Crippen LogP contribution >= 0.6 is 0 Å². The number of anilines is 1. The molecule has 86 valence electrons. The second-order valence-corrected chi connectivity index (χ2v) is 3.77. The first-order valence-corrected chi connectivity index (χ1v) is 5.23. The average Bonchev–Trinajstić information content (AvgIpc) is 3.12. The molecule has 0 bridgehead atoms. The molecule has 1 aliphatic rings. The van der Waals surface area contributed by atoms with E-state index >= 15 is 0 Å². The third kappa shape index (κ3) is 2.12. The summed E-state index contributed by atoms with van der Waals surface area (Å²) in [5, 5.41) is 10.1. The smallest absolute Gasteiger partial charge is 0.322 e. The van der Waals surface area contributed by atoms with Crippen LogP contribution in [-0.4, -0.2) is 26.1 Å². The number of rotatable bonds is 3. The summed E-state index contributed by atoms with van der Waals surface area (Å²) in [6.45, 7) is 0.